The number of rotatable bonds is 6. The van der Waals surface area contributed by atoms with Gasteiger partial charge in [-0.1, -0.05) is 30.3 Å². The molecule has 0 saturated carbocycles. The summed E-state index contributed by atoms with van der Waals surface area (Å²) in [5.74, 6) is -1.53. The molecule has 36 heavy (non-hydrogen) atoms. The van der Waals surface area contributed by atoms with Gasteiger partial charge < -0.3 is 10.1 Å². The molecule has 0 unspecified atom stereocenters. The zero-order valence-electron chi connectivity index (χ0n) is 19.0. The Labute approximate surface area is 202 Å². The molecule has 0 spiro atoms. The van der Waals surface area contributed by atoms with Crippen LogP contribution in [-0.4, -0.2) is 27.2 Å². The first-order valence-corrected chi connectivity index (χ1v) is 10.5. The lowest BCUT2D eigenvalue weighted by Gasteiger charge is -2.19. The fraction of sp³-hybridized carbons (Fsp3) is 0.167. The molecule has 186 valence electrons. The Bertz CT molecular complexity index is 1440. The SMILES string of the molecule is Cc1nn(C)c2nc(OCc3ccccc3)c(NC(=O)N(C=O)c3ccc(F)c(C(F)(F)F)c3)cc12. The van der Waals surface area contributed by atoms with E-state index in [0.29, 0.717) is 33.8 Å². The van der Waals surface area contributed by atoms with Crippen molar-refractivity contribution in [1.29, 1.82) is 0 Å². The molecule has 2 aromatic heterocycles. The molecule has 4 rings (SSSR count). The number of carbonyl (C=O) groups is 2. The number of halogens is 4. The highest BCUT2D eigenvalue weighted by atomic mass is 19.4. The van der Waals surface area contributed by atoms with Crippen molar-refractivity contribution in [2.75, 3.05) is 10.2 Å². The standard InChI is InChI=1S/C24H19F4N5O3/c1-14-17-11-20(22(30-21(17)32(2)31-14)36-12-15-6-4-3-5-7-15)29-23(35)33(13-34)16-8-9-19(25)18(10-16)24(26,27)28/h3-11,13H,12H2,1-2H3,(H,29,35). The van der Waals surface area contributed by atoms with Crippen LogP contribution in [0.5, 0.6) is 5.88 Å². The van der Waals surface area contributed by atoms with E-state index >= 15 is 0 Å². The molecule has 0 fully saturated rings. The number of ether oxygens (including phenoxy) is 1. The number of amides is 3. The zero-order valence-corrected chi connectivity index (χ0v) is 19.0. The first-order chi connectivity index (χ1) is 17.1. The lowest BCUT2D eigenvalue weighted by molar-refractivity contribution is -0.140. The topological polar surface area (TPSA) is 89.3 Å². The van der Waals surface area contributed by atoms with Crippen LogP contribution < -0.4 is 15.0 Å². The van der Waals surface area contributed by atoms with E-state index in [0.717, 1.165) is 11.6 Å². The van der Waals surface area contributed by atoms with Crippen molar-refractivity contribution in [3.05, 3.63) is 77.2 Å². The van der Waals surface area contributed by atoms with Crippen molar-refractivity contribution in [1.82, 2.24) is 14.8 Å². The van der Waals surface area contributed by atoms with Crippen molar-refractivity contribution in [3.63, 3.8) is 0 Å². The summed E-state index contributed by atoms with van der Waals surface area (Å²) in [4.78, 5) is 29.4. The van der Waals surface area contributed by atoms with Gasteiger partial charge >= 0.3 is 12.2 Å². The Morgan fingerprint density at radius 2 is 1.89 bits per heavy atom. The third kappa shape index (κ3) is 4.97. The minimum absolute atomic E-state index is 0.00337. The Kier molecular flexibility index (Phi) is 6.60. The van der Waals surface area contributed by atoms with Gasteiger partial charge in [0.2, 0.25) is 12.3 Å². The molecule has 1 N–H and O–H groups in total. The number of anilines is 2. The molecule has 0 bridgehead atoms. The first-order valence-electron chi connectivity index (χ1n) is 10.5. The Morgan fingerprint density at radius 1 is 1.17 bits per heavy atom. The Balaban J connectivity index is 1.69. The van der Waals surface area contributed by atoms with E-state index in [1.54, 1.807) is 14.0 Å². The van der Waals surface area contributed by atoms with Crippen molar-refractivity contribution in [3.8, 4) is 5.88 Å². The summed E-state index contributed by atoms with van der Waals surface area (Å²) in [7, 11) is 1.68. The van der Waals surface area contributed by atoms with Crippen molar-refractivity contribution < 1.29 is 31.9 Å². The van der Waals surface area contributed by atoms with Gasteiger partial charge in [-0.3, -0.25) is 9.48 Å². The van der Waals surface area contributed by atoms with Gasteiger partial charge in [0.15, 0.2) is 5.65 Å². The molecule has 0 aliphatic carbocycles. The Hall–Kier alpha value is -4.48. The number of nitrogens with one attached hydrogen (secondary N) is 1. The van der Waals surface area contributed by atoms with E-state index in [-0.39, 0.29) is 24.6 Å². The van der Waals surface area contributed by atoms with Crippen molar-refractivity contribution in [2.24, 2.45) is 7.05 Å². The fourth-order valence-corrected chi connectivity index (χ4v) is 3.53. The smallest absolute Gasteiger partial charge is 0.419 e. The maximum absolute atomic E-state index is 13.7. The summed E-state index contributed by atoms with van der Waals surface area (Å²) < 4.78 is 60.4. The normalized spacial score (nSPS) is 11.4. The van der Waals surface area contributed by atoms with E-state index in [2.05, 4.69) is 15.4 Å². The minimum atomic E-state index is -5.02. The summed E-state index contributed by atoms with van der Waals surface area (Å²) in [5, 5.41) is 7.32. The lowest BCUT2D eigenvalue weighted by atomic mass is 10.1. The number of pyridine rings is 1. The third-order valence-corrected chi connectivity index (χ3v) is 5.28. The van der Waals surface area contributed by atoms with Crippen molar-refractivity contribution >= 4 is 34.8 Å². The van der Waals surface area contributed by atoms with E-state index in [1.807, 2.05) is 30.3 Å². The monoisotopic (exact) mass is 501 g/mol. The highest BCUT2D eigenvalue weighted by Gasteiger charge is 2.35. The number of alkyl halides is 3. The van der Waals surface area contributed by atoms with Gasteiger partial charge in [0.1, 0.15) is 18.1 Å². The molecule has 0 saturated heterocycles. The molecular formula is C24H19F4N5O3. The number of aryl methyl sites for hydroxylation is 2. The molecular weight excluding hydrogens is 482 g/mol. The number of carbonyl (C=O) groups excluding carboxylic acids is 2. The molecule has 4 aromatic rings. The summed E-state index contributed by atoms with van der Waals surface area (Å²) in [6.07, 6.45) is -5.00. The molecule has 8 nitrogen and oxygen atoms in total. The van der Waals surface area contributed by atoms with Crippen molar-refractivity contribution in [2.45, 2.75) is 19.7 Å². The molecule has 0 radical (unpaired) electrons. The number of imide groups is 1. The van der Waals surface area contributed by atoms with Crippen LogP contribution in [0, 0.1) is 12.7 Å². The van der Waals surface area contributed by atoms with E-state index < -0.39 is 29.3 Å². The average molecular weight is 501 g/mol. The van der Waals surface area contributed by atoms with Gasteiger partial charge in [-0.05, 0) is 36.8 Å². The van der Waals surface area contributed by atoms with Crippen LogP contribution in [0.4, 0.5) is 33.7 Å². The molecule has 3 amide bonds. The summed E-state index contributed by atoms with van der Waals surface area (Å²) in [6, 6.07) is 11.4. The number of hydrogen-bond donors (Lipinski definition) is 1. The maximum atomic E-state index is 13.7. The second-order valence-corrected chi connectivity index (χ2v) is 7.76. The van der Waals surface area contributed by atoms with E-state index in [1.165, 1.54) is 10.7 Å². The molecule has 0 aliphatic heterocycles. The second-order valence-electron chi connectivity index (χ2n) is 7.76. The third-order valence-electron chi connectivity index (χ3n) is 5.28. The maximum Gasteiger partial charge on any atom is 0.419 e. The van der Waals surface area contributed by atoms with Crippen LogP contribution in [0.2, 0.25) is 0 Å². The van der Waals surface area contributed by atoms with Crippen LogP contribution in [0.3, 0.4) is 0 Å². The highest BCUT2D eigenvalue weighted by molar-refractivity contribution is 6.12. The molecule has 0 aliphatic rings. The van der Waals surface area contributed by atoms with E-state index in [4.69, 9.17) is 4.74 Å². The van der Waals surface area contributed by atoms with E-state index in [9.17, 15) is 27.2 Å². The lowest BCUT2D eigenvalue weighted by Crippen LogP contribution is -2.34. The number of benzene rings is 2. The highest BCUT2D eigenvalue weighted by Crippen LogP contribution is 2.34. The number of aromatic nitrogens is 3. The summed E-state index contributed by atoms with van der Waals surface area (Å²) in [5.41, 5.74) is -0.141. The van der Waals surface area contributed by atoms with Crippen LogP contribution in [0.1, 0.15) is 16.8 Å². The fourth-order valence-electron chi connectivity index (χ4n) is 3.53. The zero-order chi connectivity index (χ0) is 26.0. The quantitative estimate of drug-likeness (QED) is 0.290. The van der Waals surface area contributed by atoms with Gasteiger partial charge in [-0.25, -0.2) is 14.1 Å². The number of hydrogen-bond acceptors (Lipinski definition) is 5. The number of fused-ring (bicyclic) bond motifs is 1. The molecule has 12 heteroatoms. The van der Waals surface area contributed by atoms with Crippen LogP contribution in [0.15, 0.2) is 54.6 Å². The summed E-state index contributed by atoms with van der Waals surface area (Å²) >= 11 is 0. The predicted molar refractivity (Wildman–Crippen MR) is 123 cm³/mol. The average Bonchev–Trinajstić information content (AvgIpc) is 3.11. The largest absolute Gasteiger partial charge is 0.471 e. The molecule has 0 atom stereocenters. The van der Waals surface area contributed by atoms with Gasteiger partial charge in [0, 0.05) is 12.4 Å². The first kappa shape index (κ1) is 24.6. The number of nitrogens with zero attached hydrogens (tertiary/aromatic N) is 4. The van der Waals surface area contributed by atoms with Crippen LogP contribution in [-0.2, 0) is 24.6 Å². The number of urea groups is 1. The molecule has 2 aromatic carbocycles. The van der Waals surface area contributed by atoms with Gasteiger partial charge in [-0.2, -0.15) is 23.3 Å². The van der Waals surface area contributed by atoms with Gasteiger partial charge in [0.05, 0.1) is 16.9 Å². The van der Waals surface area contributed by atoms with Gasteiger partial charge in [0.25, 0.3) is 0 Å². The molecule has 2 heterocycles. The van der Waals surface area contributed by atoms with Gasteiger partial charge in [-0.15, -0.1) is 0 Å². The minimum Gasteiger partial charge on any atom is -0.471 e. The van der Waals surface area contributed by atoms with Crippen LogP contribution >= 0.6 is 0 Å². The predicted octanol–water partition coefficient (Wildman–Crippen LogP) is 5.21. The van der Waals surface area contributed by atoms with Crippen LogP contribution in [0.25, 0.3) is 11.0 Å². The Morgan fingerprint density at radius 3 is 2.56 bits per heavy atom. The summed E-state index contributed by atoms with van der Waals surface area (Å²) in [6.45, 7) is 1.83. The second kappa shape index (κ2) is 9.64.